The third-order valence-electron chi connectivity index (χ3n) is 6.74. The zero-order valence-corrected chi connectivity index (χ0v) is 21.2. The Labute approximate surface area is 226 Å². The van der Waals surface area contributed by atoms with Gasteiger partial charge in [0.25, 0.3) is 0 Å². The summed E-state index contributed by atoms with van der Waals surface area (Å²) in [6, 6.07) is 6.18. The van der Waals surface area contributed by atoms with Gasteiger partial charge in [-0.2, -0.15) is 4.98 Å². The Morgan fingerprint density at radius 2 is 2.11 bits per heavy atom. The average molecular weight is 522 g/mol. The van der Waals surface area contributed by atoms with Crippen LogP contribution in [0.2, 0.25) is 0 Å². The maximum Gasteiger partial charge on any atom is 0.355 e. The number of hydrogen-bond donors (Lipinski definition) is 1. The average Bonchev–Trinajstić information content (AvgIpc) is 2.92. The quantitative estimate of drug-likeness (QED) is 0.399. The molecule has 0 amide bonds. The molecule has 7 nitrogen and oxygen atoms in total. The zero-order chi connectivity index (χ0) is 31.2. The normalized spacial score (nSPS) is 18.0. The van der Waals surface area contributed by atoms with E-state index in [2.05, 4.69) is 20.3 Å². The van der Waals surface area contributed by atoms with Crippen molar-refractivity contribution in [3.63, 3.8) is 0 Å². The summed E-state index contributed by atoms with van der Waals surface area (Å²) in [5.74, 6) is -1.94. The number of halogens is 2. The van der Waals surface area contributed by atoms with E-state index < -0.39 is 36.4 Å². The summed E-state index contributed by atoms with van der Waals surface area (Å²) in [4.78, 5) is 29.1. The highest BCUT2D eigenvalue weighted by Crippen LogP contribution is 2.35. The van der Waals surface area contributed by atoms with Crippen LogP contribution in [-0.4, -0.2) is 45.2 Å². The van der Waals surface area contributed by atoms with Crippen LogP contribution in [0.3, 0.4) is 0 Å². The second-order valence-electron chi connectivity index (χ2n) is 9.59. The van der Waals surface area contributed by atoms with E-state index in [9.17, 15) is 4.79 Å². The maximum absolute atomic E-state index is 16.1. The molecule has 1 aliphatic heterocycles. The van der Waals surface area contributed by atoms with E-state index in [4.69, 9.17) is 6.85 Å². The number of benzene rings is 1. The largest absolute Gasteiger partial charge is 0.355 e. The molecular weight excluding hydrogens is 486 g/mol. The summed E-state index contributed by atoms with van der Waals surface area (Å²) >= 11 is 0. The fourth-order valence-electron chi connectivity index (χ4n) is 4.90. The Morgan fingerprint density at radius 3 is 2.84 bits per heavy atom. The number of fused-ring (bicyclic) bond motifs is 1. The lowest BCUT2D eigenvalue weighted by molar-refractivity contribution is 0.497. The van der Waals surface area contributed by atoms with Crippen LogP contribution in [0.4, 0.5) is 14.6 Å². The number of aromatic nitrogens is 4. The minimum Gasteiger partial charge on any atom is -0.351 e. The van der Waals surface area contributed by atoms with Crippen molar-refractivity contribution in [3.05, 3.63) is 82.0 Å². The molecule has 3 aromatic heterocycles. The van der Waals surface area contributed by atoms with Crippen LogP contribution in [0.5, 0.6) is 0 Å². The number of aryl methyl sites for hydroxylation is 1. The van der Waals surface area contributed by atoms with Gasteiger partial charge in [0.1, 0.15) is 17.3 Å². The van der Waals surface area contributed by atoms with E-state index in [0.717, 1.165) is 22.8 Å². The maximum atomic E-state index is 16.1. The van der Waals surface area contributed by atoms with E-state index in [0.29, 0.717) is 19.6 Å². The molecule has 1 fully saturated rings. The highest BCUT2D eigenvalue weighted by molar-refractivity contribution is 5.91. The molecule has 0 aliphatic carbocycles. The number of rotatable bonds is 5. The summed E-state index contributed by atoms with van der Waals surface area (Å²) in [5.41, 5.74) is -1.65. The predicted octanol–water partition coefficient (Wildman–Crippen LogP) is 4.99. The first kappa shape index (κ1) is 20.0. The number of nitrogens with one attached hydrogen (secondary N) is 1. The van der Waals surface area contributed by atoms with Crippen molar-refractivity contribution in [1.29, 1.82) is 0 Å². The van der Waals surface area contributed by atoms with E-state index >= 15 is 8.78 Å². The van der Waals surface area contributed by atoms with Gasteiger partial charge in [0, 0.05) is 41.5 Å². The van der Waals surface area contributed by atoms with Gasteiger partial charge >= 0.3 is 5.69 Å². The summed E-state index contributed by atoms with van der Waals surface area (Å²) in [7, 11) is 0. The third-order valence-corrected chi connectivity index (χ3v) is 6.74. The number of nitrogens with zero attached hydrogens (tertiary/aromatic N) is 5. The van der Waals surface area contributed by atoms with Crippen molar-refractivity contribution in [1.82, 2.24) is 24.8 Å². The van der Waals surface area contributed by atoms with Crippen molar-refractivity contribution >= 4 is 22.9 Å². The Morgan fingerprint density at radius 1 is 1.26 bits per heavy atom. The summed E-state index contributed by atoms with van der Waals surface area (Å²) < 4.78 is 72.3. The lowest BCUT2D eigenvalue weighted by Crippen LogP contribution is -2.50. The van der Waals surface area contributed by atoms with Gasteiger partial charge in [0.15, 0.2) is 11.5 Å². The predicted molar refractivity (Wildman–Crippen MR) is 147 cm³/mol. The molecule has 1 N–H and O–H groups in total. The number of hydrogen-bond acceptors (Lipinski definition) is 6. The molecule has 4 heterocycles. The van der Waals surface area contributed by atoms with Crippen LogP contribution in [-0.2, 0) is 0 Å². The number of piperazine rings is 1. The summed E-state index contributed by atoms with van der Waals surface area (Å²) in [5, 5.41) is 3.38. The number of anilines is 1. The lowest BCUT2D eigenvalue weighted by atomic mass is 10.0. The van der Waals surface area contributed by atoms with E-state index in [1.54, 1.807) is 13.8 Å². The van der Waals surface area contributed by atoms with Crippen LogP contribution in [0.1, 0.15) is 50.4 Å². The van der Waals surface area contributed by atoms with Gasteiger partial charge < -0.3 is 10.2 Å². The second-order valence-corrected chi connectivity index (χ2v) is 9.59. The van der Waals surface area contributed by atoms with E-state index in [1.165, 1.54) is 24.4 Å². The first-order valence-corrected chi connectivity index (χ1v) is 12.3. The van der Waals surface area contributed by atoms with Crippen molar-refractivity contribution < 1.29 is 15.6 Å². The minimum absolute atomic E-state index is 0.0390. The smallest absolute Gasteiger partial charge is 0.351 e. The molecule has 0 saturated carbocycles. The van der Waals surface area contributed by atoms with Crippen molar-refractivity contribution in [2.24, 2.45) is 0 Å². The van der Waals surface area contributed by atoms with Crippen LogP contribution in [0, 0.1) is 18.5 Å². The molecule has 1 aliphatic rings. The topological polar surface area (TPSA) is 75.9 Å². The van der Waals surface area contributed by atoms with Gasteiger partial charge in [0.2, 0.25) is 0 Å². The Bertz CT molecular complexity index is 1800. The summed E-state index contributed by atoms with van der Waals surface area (Å²) in [6.07, 6.45) is 2.41. The minimum atomic E-state index is -2.66. The lowest BCUT2D eigenvalue weighted by Gasteiger charge is -2.35. The molecule has 196 valence electrons. The molecule has 0 radical (unpaired) electrons. The standard InChI is InChI=1S/C29H30F2N6O/c1-6-19-8-7-9-21(30)23(19)25-22(31)14-20-27(36-13-12-32-15-18(36)5)35-29(38)37(28(20)34-25)26-17(4)10-11-33-24(26)16(2)3/h6-11,14,16,18,32H,1,12-13,15H2,2-5H3/t18-/m0/s1/i1D2,4D3. The fourth-order valence-corrected chi connectivity index (χ4v) is 4.90. The molecule has 4 aromatic rings. The first-order valence-electron chi connectivity index (χ1n) is 14.8. The van der Waals surface area contributed by atoms with Gasteiger partial charge in [-0.15, -0.1) is 0 Å². The Balaban J connectivity index is 1.97. The fraction of sp³-hybridized carbons (Fsp3) is 0.310. The molecule has 9 heteroatoms. The first-order chi connectivity index (χ1) is 20.3. The summed E-state index contributed by atoms with van der Waals surface area (Å²) in [6.45, 7) is 3.83. The zero-order valence-electron chi connectivity index (χ0n) is 26.2. The molecular formula is C29H30F2N6O. The molecule has 5 rings (SSSR count). The van der Waals surface area contributed by atoms with Gasteiger partial charge in [-0.1, -0.05) is 38.6 Å². The van der Waals surface area contributed by atoms with Crippen molar-refractivity contribution in [2.75, 3.05) is 24.5 Å². The van der Waals surface area contributed by atoms with Crippen LogP contribution >= 0.6 is 0 Å². The molecule has 0 bridgehead atoms. The van der Waals surface area contributed by atoms with Crippen LogP contribution in [0.15, 0.2) is 47.9 Å². The molecule has 1 aromatic carbocycles. The second kappa shape index (κ2) is 10.1. The van der Waals surface area contributed by atoms with Crippen LogP contribution < -0.4 is 15.9 Å². The van der Waals surface area contributed by atoms with Gasteiger partial charge in [-0.3, -0.25) is 4.98 Å². The molecule has 1 saturated heterocycles. The van der Waals surface area contributed by atoms with E-state index in [-0.39, 0.29) is 56.9 Å². The molecule has 38 heavy (non-hydrogen) atoms. The van der Waals surface area contributed by atoms with Crippen LogP contribution in [0.25, 0.3) is 34.1 Å². The van der Waals surface area contributed by atoms with Crippen molar-refractivity contribution in [3.8, 4) is 16.9 Å². The molecule has 1 atom stereocenters. The molecule has 0 unspecified atom stereocenters. The van der Waals surface area contributed by atoms with E-state index in [1.807, 2.05) is 11.8 Å². The van der Waals surface area contributed by atoms with Crippen molar-refractivity contribution in [2.45, 2.75) is 39.6 Å². The Kier molecular flexibility index (Phi) is 5.30. The number of pyridine rings is 2. The SMILES string of the molecule is [2H]C([2H])=Cc1cccc(F)c1-c1nc2c(cc1F)c(N1CCNC[C@@H]1C)nc(=O)n2-c1c(C([2H])([2H])[2H])ccnc1C(C)C. The Hall–Kier alpha value is -3.98. The third kappa shape index (κ3) is 4.26. The van der Waals surface area contributed by atoms with Gasteiger partial charge in [-0.25, -0.2) is 23.1 Å². The monoisotopic (exact) mass is 521 g/mol. The highest BCUT2D eigenvalue weighted by atomic mass is 19.1. The highest BCUT2D eigenvalue weighted by Gasteiger charge is 2.28. The van der Waals surface area contributed by atoms with Gasteiger partial charge in [0.05, 0.1) is 19.5 Å². The van der Waals surface area contributed by atoms with Gasteiger partial charge in [-0.05, 0) is 49.0 Å². The molecule has 0 spiro atoms.